The number of hydrogen-bond acceptors (Lipinski definition) is 3. The second-order valence-corrected chi connectivity index (χ2v) is 6.40. The predicted molar refractivity (Wildman–Crippen MR) is 89.8 cm³/mol. The molecule has 0 bridgehead atoms. The van der Waals surface area contributed by atoms with Crippen molar-refractivity contribution in [3.63, 3.8) is 0 Å². The molecule has 1 saturated heterocycles. The highest BCUT2D eigenvalue weighted by atomic mass is 16.2. The Balaban J connectivity index is 1.41. The first-order valence-corrected chi connectivity index (χ1v) is 8.42. The van der Waals surface area contributed by atoms with E-state index in [2.05, 4.69) is 14.9 Å². The molecular formula is C18H20N4O2. The molecule has 0 radical (unpaired) electrons. The fraction of sp³-hybridized carbons (Fsp3) is 0.389. The van der Waals surface area contributed by atoms with Gasteiger partial charge in [0, 0.05) is 55.6 Å². The maximum atomic E-state index is 12.4. The van der Waals surface area contributed by atoms with Crippen LogP contribution in [0.5, 0.6) is 0 Å². The Labute approximate surface area is 140 Å². The molecule has 0 aliphatic carbocycles. The second-order valence-electron chi connectivity index (χ2n) is 6.40. The van der Waals surface area contributed by atoms with Crippen LogP contribution in [-0.4, -0.2) is 34.0 Å². The van der Waals surface area contributed by atoms with Gasteiger partial charge in [-0.2, -0.15) is 0 Å². The van der Waals surface area contributed by atoms with Gasteiger partial charge in [0.05, 0.1) is 0 Å². The molecule has 0 unspecified atom stereocenters. The lowest BCUT2D eigenvalue weighted by molar-refractivity contribution is -0.117. The number of nitrogens with one attached hydrogen (secondary N) is 1. The monoisotopic (exact) mass is 324 g/mol. The lowest BCUT2D eigenvalue weighted by Crippen LogP contribution is -2.40. The Bertz CT molecular complexity index is 766. The number of carbonyl (C=O) groups is 2. The Morgan fingerprint density at radius 2 is 2.04 bits per heavy atom. The van der Waals surface area contributed by atoms with E-state index in [0.29, 0.717) is 12.0 Å². The molecule has 1 aromatic heterocycles. The van der Waals surface area contributed by atoms with Crippen molar-refractivity contribution < 1.29 is 9.59 Å². The normalized spacial score (nSPS) is 20.1. The largest absolute Gasteiger partial charge is 0.347 e. The summed E-state index contributed by atoms with van der Waals surface area (Å²) in [5.41, 5.74) is 1.50. The number of aromatic nitrogens is 2. The van der Waals surface area contributed by atoms with Crippen LogP contribution >= 0.6 is 0 Å². The summed E-state index contributed by atoms with van der Waals surface area (Å²) >= 11 is 0. The van der Waals surface area contributed by atoms with Gasteiger partial charge in [-0.1, -0.05) is 0 Å². The molecule has 0 spiro atoms. The summed E-state index contributed by atoms with van der Waals surface area (Å²) in [6.07, 6.45) is 7.06. The van der Waals surface area contributed by atoms with Crippen molar-refractivity contribution >= 4 is 17.5 Å². The maximum absolute atomic E-state index is 12.4. The molecule has 1 atom stereocenters. The van der Waals surface area contributed by atoms with Gasteiger partial charge in [0.25, 0.3) is 5.91 Å². The van der Waals surface area contributed by atoms with E-state index in [1.165, 1.54) is 0 Å². The summed E-state index contributed by atoms with van der Waals surface area (Å²) in [6.45, 7) is 1.53. The maximum Gasteiger partial charge on any atom is 0.251 e. The summed E-state index contributed by atoms with van der Waals surface area (Å²) < 4.78 is 2.09. The van der Waals surface area contributed by atoms with Gasteiger partial charge in [0.15, 0.2) is 0 Å². The third kappa shape index (κ3) is 2.79. The van der Waals surface area contributed by atoms with E-state index in [1.54, 1.807) is 23.2 Å². The van der Waals surface area contributed by atoms with Crippen molar-refractivity contribution in [2.45, 2.75) is 38.3 Å². The SMILES string of the molecule is O=C(N[C@H]1CCc2nccn2C1)c1ccc(N2CCCC2=O)cc1. The van der Waals surface area contributed by atoms with Gasteiger partial charge >= 0.3 is 0 Å². The zero-order chi connectivity index (χ0) is 16.5. The molecule has 2 amide bonds. The smallest absolute Gasteiger partial charge is 0.251 e. The number of rotatable bonds is 3. The molecule has 124 valence electrons. The molecule has 2 aliphatic heterocycles. The average Bonchev–Trinajstić information content (AvgIpc) is 3.23. The predicted octanol–water partition coefficient (Wildman–Crippen LogP) is 1.75. The molecule has 2 aliphatic rings. The number of anilines is 1. The van der Waals surface area contributed by atoms with E-state index < -0.39 is 0 Å². The van der Waals surface area contributed by atoms with Gasteiger partial charge in [-0.15, -0.1) is 0 Å². The van der Waals surface area contributed by atoms with Gasteiger partial charge in [-0.05, 0) is 37.1 Å². The first kappa shape index (κ1) is 14.9. The Kier molecular flexibility index (Phi) is 3.80. The van der Waals surface area contributed by atoms with Gasteiger partial charge in [0.1, 0.15) is 5.82 Å². The molecule has 24 heavy (non-hydrogen) atoms. The Morgan fingerprint density at radius 1 is 1.21 bits per heavy atom. The van der Waals surface area contributed by atoms with Crippen LogP contribution < -0.4 is 10.2 Å². The summed E-state index contributed by atoms with van der Waals surface area (Å²) in [5.74, 6) is 1.17. The van der Waals surface area contributed by atoms with Crippen LogP contribution in [0, 0.1) is 0 Å². The Morgan fingerprint density at radius 3 is 2.79 bits per heavy atom. The molecule has 2 aromatic rings. The van der Waals surface area contributed by atoms with E-state index in [0.717, 1.165) is 43.9 Å². The zero-order valence-electron chi connectivity index (χ0n) is 13.4. The molecule has 4 rings (SSSR count). The van der Waals surface area contributed by atoms with Gasteiger partial charge in [-0.25, -0.2) is 4.98 Å². The van der Waals surface area contributed by atoms with E-state index in [4.69, 9.17) is 0 Å². The highest BCUT2D eigenvalue weighted by molar-refractivity contribution is 5.97. The van der Waals surface area contributed by atoms with Crippen LogP contribution in [0.3, 0.4) is 0 Å². The van der Waals surface area contributed by atoms with Crippen molar-refractivity contribution in [2.24, 2.45) is 0 Å². The molecule has 0 saturated carbocycles. The number of aryl methyl sites for hydroxylation is 1. The lowest BCUT2D eigenvalue weighted by atomic mass is 10.1. The quantitative estimate of drug-likeness (QED) is 0.935. The number of benzene rings is 1. The van der Waals surface area contributed by atoms with Crippen molar-refractivity contribution in [1.29, 1.82) is 0 Å². The zero-order valence-corrected chi connectivity index (χ0v) is 13.4. The third-order valence-electron chi connectivity index (χ3n) is 4.78. The molecule has 6 heteroatoms. The minimum atomic E-state index is -0.0668. The van der Waals surface area contributed by atoms with Crippen LogP contribution in [0.4, 0.5) is 5.69 Å². The van der Waals surface area contributed by atoms with Crippen LogP contribution in [0.2, 0.25) is 0 Å². The summed E-state index contributed by atoms with van der Waals surface area (Å²) in [7, 11) is 0. The molecule has 1 aromatic carbocycles. The summed E-state index contributed by atoms with van der Waals surface area (Å²) in [4.78, 5) is 30.3. The molecular weight excluding hydrogens is 304 g/mol. The van der Waals surface area contributed by atoms with Crippen molar-refractivity contribution in [3.05, 3.63) is 48.0 Å². The summed E-state index contributed by atoms with van der Waals surface area (Å²) in [6, 6.07) is 7.42. The number of imidazole rings is 1. The highest BCUT2D eigenvalue weighted by Crippen LogP contribution is 2.22. The molecule has 1 N–H and O–H groups in total. The number of fused-ring (bicyclic) bond motifs is 1. The van der Waals surface area contributed by atoms with Crippen LogP contribution in [-0.2, 0) is 17.8 Å². The van der Waals surface area contributed by atoms with Crippen molar-refractivity contribution in [3.8, 4) is 0 Å². The van der Waals surface area contributed by atoms with E-state index in [9.17, 15) is 9.59 Å². The van der Waals surface area contributed by atoms with E-state index >= 15 is 0 Å². The topological polar surface area (TPSA) is 67.2 Å². The minimum absolute atomic E-state index is 0.0668. The second kappa shape index (κ2) is 6.11. The molecule has 3 heterocycles. The number of amides is 2. The molecule has 1 fully saturated rings. The highest BCUT2D eigenvalue weighted by Gasteiger charge is 2.23. The van der Waals surface area contributed by atoms with Crippen molar-refractivity contribution in [2.75, 3.05) is 11.4 Å². The Hall–Kier alpha value is -2.63. The van der Waals surface area contributed by atoms with E-state index in [-0.39, 0.29) is 17.9 Å². The van der Waals surface area contributed by atoms with E-state index in [1.807, 2.05) is 18.3 Å². The van der Waals surface area contributed by atoms with Crippen LogP contribution in [0.25, 0.3) is 0 Å². The molecule has 6 nitrogen and oxygen atoms in total. The van der Waals surface area contributed by atoms with Crippen LogP contribution in [0.15, 0.2) is 36.7 Å². The standard InChI is InChI=1S/C18H20N4O2/c23-17-2-1-10-22(17)15-6-3-13(4-7-15)18(24)20-14-5-8-16-19-9-11-21(16)12-14/h3-4,6-7,9,11,14H,1-2,5,8,10,12H2,(H,20,24)/t14-/m0/s1. The summed E-state index contributed by atoms with van der Waals surface area (Å²) in [5, 5.41) is 3.10. The minimum Gasteiger partial charge on any atom is -0.347 e. The third-order valence-corrected chi connectivity index (χ3v) is 4.78. The van der Waals surface area contributed by atoms with Gasteiger partial charge < -0.3 is 14.8 Å². The lowest BCUT2D eigenvalue weighted by Gasteiger charge is -2.24. The number of carbonyl (C=O) groups excluding carboxylic acids is 2. The number of hydrogen-bond donors (Lipinski definition) is 1. The van der Waals surface area contributed by atoms with Gasteiger partial charge in [-0.3, -0.25) is 9.59 Å². The first-order valence-electron chi connectivity index (χ1n) is 8.42. The number of nitrogens with zero attached hydrogens (tertiary/aromatic N) is 3. The first-order chi connectivity index (χ1) is 11.7. The fourth-order valence-corrected chi connectivity index (χ4v) is 3.47. The van der Waals surface area contributed by atoms with Gasteiger partial charge in [0.2, 0.25) is 5.91 Å². The fourth-order valence-electron chi connectivity index (χ4n) is 3.47. The van der Waals surface area contributed by atoms with Crippen LogP contribution in [0.1, 0.15) is 35.4 Å². The van der Waals surface area contributed by atoms with Crippen molar-refractivity contribution in [1.82, 2.24) is 14.9 Å². The average molecular weight is 324 g/mol.